The zero-order valence-corrected chi connectivity index (χ0v) is 56.1. The molecule has 0 N–H and O–H groups in total. The lowest BCUT2D eigenvalue weighted by Gasteiger charge is -2.17. The van der Waals surface area contributed by atoms with E-state index in [1.807, 2.05) is 34.0 Å². The van der Waals surface area contributed by atoms with Crippen molar-refractivity contribution in [2.24, 2.45) is 11.8 Å². The number of aromatic nitrogens is 2. The average Bonchev–Trinajstić information content (AvgIpc) is 4.47. The smallest absolute Gasteiger partial charge is 0.170 e. The van der Waals surface area contributed by atoms with E-state index in [1.54, 1.807) is 23.8 Å². The molecule has 81 heavy (non-hydrogen) atoms. The first-order valence-electron chi connectivity index (χ1n) is 33.8. The fourth-order valence-electron chi connectivity index (χ4n) is 12.6. The largest absolute Gasteiger partial charge is 0.203 e. The van der Waals surface area contributed by atoms with E-state index in [1.165, 1.54) is 303 Å². The number of hydrogen-bond acceptors (Lipinski definition) is 7. The van der Waals surface area contributed by atoms with Crippen LogP contribution in [-0.4, -0.2) is 8.75 Å². The molecule has 0 radical (unpaired) electrons. The van der Waals surface area contributed by atoms with E-state index >= 15 is 8.78 Å². The van der Waals surface area contributed by atoms with Gasteiger partial charge in [0.2, 0.25) is 0 Å². The SMILES string of the molecule is CCCCCCCCCCCCC(CCCCCCCCCC)Cc1cc(C)sc1-c1ccc(-c2ccc(-c3sc(-c4c(F)c(F)c(C)c5nsnc45)cc3CC(CCCCCCCCCC)CCCCCCCCCCCC)s2)s1. The van der Waals surface area contributed by atoms with E-state index in [-0.39, 0.29) is 11.1 Å². The van der Waals surface area contributed by atoms with Gasteiger partial charge in [-0.15, -0.1) is 45.3 Å². The number of halogens is 2. The van der Waals surface area contributed by atoms with Crippen LogP contribution in [0.2, 0.25) is 0 Å². The summed E-state index contributed by atoms with van der Waals surface area (Å²) in [6.07, 6.45) is 56.4. The first kappa shape index (κ1) is 67.8. The minimum atomic E-state index is -0.806. The highest BCUT2D eigenvalue weighted by Crippen LogP contribution is 2.49. The molecule has 452 valence electrons. The van der Waals surface area contributed by atoms with E-state index in [4.69, 9.17) is 0 Å². The summed E-state index contributed by atoms with van der Waals surface area (Å²) in [6.45, 7) is 13.2. The maximum atomic E-state index is 16.4. The van der Waals surface area contributed by atoms with Crippen molar-refractivity contribution in [2.45, 2.75) is 311 Å². The van der Waals surface area contributed by atoms with Crippen LogP contribution in [0.3, 0.4) is 0 Å². The van der Waals surface area contributed by atoms with Crippen molar-refractivity contribution in [3.8, 4) is 39.7 Å². The second-order valence-electron chi connectivity index (χ2n) is 24.7. The van der Waals surface area contributed by atoms with Gasteiger partial charge in [-0.2, -0.15) is 8.75 Å². The molecule has 0 spiro atoms. The molecule has 0 aliphatic heterocycles. The number of nitrogens with zero attached hydrogens (tertiary/aromatic N) is 2. The fourth-order valence-corrected chi connectivity index (χ4v) is 17.9. The third-order valence-electron chi connectivity index (χ3n) is 17.6. The summed E-state index contributed by atoms with van der Waals surface area (Å²) in [7, 11) is 0. The van der Waals surface area contributed by atoms with Gasteiger partial charge in [0.1, 0.15) is 11.0 Å². The molecule has 0 amide bonds. The Morgan fingerprint density at radius 2 is 0.691 bits per heavy atom. The van der Waals surface area contributed by atoms with Crippen molar-refractivity contribution in [1.29, 1.82) is 0 Å². The molecule has 0 bridgehead atoms. The molecular weight excluding hydrogens is 1090 g/mol. The monoisotopic (exact) mass is 1200 g/mol. The number of fused-ring (bicyclic) bond motifs is 1. The van der Waals surface area contributed by atoms with Crippen molar-refractivity contribution in [2.75, 3.05) is 0 Å². The highest BCUT2D eigenvalue weighted by Gasteiger charge is 2.27. The van der Waals surface area contributed by atoms with E-state index in [0.717, 1.165) is 28.9 Å². The lowest BCUT2D eigenvalue weighted by Crippen LogP contribution is -2.05. The van der Waals surface area contributed by atoms with Crippen molar-refractivity contribution in [3.05, 3.63) is 69.6 Å². The van der Waals surface area contributed by atoms with Crippen LogP contribution in [0.1, 0.15) is 306 Å². The number of benzene rings is 1. The Balaban J connectivity index is 1.20. The van der Waals surface area contributed by atoms with Gasteiger partial charge in [-0.3, -0.25) is 0 Å². The molecular formula is C72H110F2N2S5. The van der Waals surface area contributed by atoms with Gasteiger partial charge in [0.05, 0.1) is 17.3 Å². The van der Waals surface area contributed by atoms with Crippen LogP contribution in [-0.2, 0) is 12.8 Å². The standard InChI is InChI=1S/C72H110F2N2S5/c1-7-11-15-19-23-27-29-33-37-40-44-57(43-39-35-31-25-21-17-13-9-3)52-59-51-55(5)77-71(59)63-49-47-61(78-63)62-48-50-64(79-62)72-60(54-65(80-72)66-68(74)67(73)56(6)69-70(66)76-81-75-69)53-58(45-41-36-32-26-22-18-14-10-4)46-42-38-34-30-28-24-20-16-12-8-2/h47-51,54,57-58H,7-46,52-53H2,1-6H3. The number of unbranched alkanes of at least 4 members (excludes halogenated alkanes) is 32. The highest BCUT2D eigenvalue weighted by atomic mass is 32.1. The molecule has 9 heteroatoms. The molecule has 2 unspecified atom stereocenters. The normalized spacial score (nSPS) is 12.7. The number of rotatable bonds is 48. The van der Waals surface area contributed by atoms with Gasteiger partial charge >= 0.3 is 0 Å². The van der Waals surface area contributed by atoms with Gasteiger partial charge in [-0.1, -0.05) is 285 Å². The van der Waals surface area contributed by atoms with Crippen LogP contribution in [0, 0.1) is 37.3 Å². The van der Waals surface area contributed by atoms with Crippen LogP contribution in [0.5, 0.6) is 0 Å². The second-order valence-corrected chi connectivity index (χ2v) is 29.7. The molecule has 0 saturated heterocycles. The van der Waals surface area contributed by atoms with Gasteiger partial charge in [-0.25, -0.2) is 8.78 Å². The molecule has 6 aromatic rings. The minimum absolute atomic E-state index is 0.241. The number of thiophene rings is 4. The topological polar surface area (TPSA) is 25.8 Å². The lowest BCUT2D eigenvalue weighted by atomic mass is 9.88. The molecule has 0 fully saturated rings. The third kappa shape index (κ3) is 23.5. The highest BCUT2D eigenvalue weighted by molar-refractivity contribution is 7.29. The summed E-state index contributed by atoms with van der Waals surface area (Å²) < 4.78 is 41.2. The summed E-state index contributed by atoms with van der Waals surface area (Å²) >= 11 is 8.49. The van der Waals surface area contributed by atoms with Gasteiger partial charge in [-0.05, 0) is 86.1 Å². The van der Waals surface area contributed by atoms with Crippen molar-refractivity contribution in [3.63, 3.8) is 0 Å². The van der Waals surface area contributed by atoms with Crippen molar-refractivity contribution in [1.82, 2.24) is 8.75 Å². The van der Waals surface area contributed by atoms with Crippen LogP contribution in [0.15, 0.2) is 36.4 Å². The van der Waals surface area contributed by atoms with E-state index in [0.29, 0.717) is 17.0 Å². The predicted octanol–water partition coefficient (Wildman–Crippen LogP) is 27.5. The first-order valence-corrected chi connectivity index (χ1v) is 37.8. The Bertz CT molecular complexity index is 2570. The Morgan fingerprint density at radius 3 is 1.09 bits per heavy atom. The van der Waals surface area contributed by atoms with Gasteiger partial charge in [0.25, 0.3) is 0 Å². The van der Waals surface area contributed by atoms with E-state index in [9.17, 15) is 0 Å². The van der Waals surface area contributed by atoms with Gasteiger partial charge < -0.3 is 0 Å². The van der Waals surface area contributed by atoms with Crippen LogP contribution >= 0.6 is 57.1 Å². The zero-order valence-electron chi connectivity index (χ0n) is 52.0. The second kappa shape index (κ2) is 40.1. The maximum Gasteiger partial charge on any atom is 0.170 e. The molecule has 5 aromatic heterocycles. The molecule has 6 rings (SSSR count). The quantitative estimate of drug-likeness (QED) is 0.0356. The number of hydrogen-bond donors (Lipinski definition) is 0. The van der Waals surface area contributed by atoms with Gasteiger partial charge in [0, 0.05) is 44.6 Å². The molecule has 5 heterocycles. The first-order chi connectivity index (χ1) is 39.8. The molecule has 0 aliphatic rings. The molecule has 0 saturated carbocycles. The van der Waals surface area contributed by atoms with Gasteiger partial charge in [0.15, 0.2) is 11.6 Å². The molecule has 2 nitrogen and oxygen atoms in total. The third-order valence-corrected chi connectivity index (χ3v) is 23.1. The Hall–Kier alpha value is -2.30. The predicted molar refractivity (Wildman–Crippen MR) is 362 cm³/mol. The zero-order chi connectivity index (χ0) is 57.3. The molecule has 0 aliphatic carbocycles. The lowest BCUT2D eigenvalue weighted by molar-refractivity contribution is 0.400. The molecule has 2 atom stereocenters. The summed E-state index contributed by atoms with van der Waals surface area (Å²) in [6, 6.07) is 14.1. The Morgan fingerprint density at radius 1 is 0.358 bits per heavy atom. The summed E-state index contributed by atoms with van der Waals surface area (Å²) in [5.41, 5.74) is 4.32. The Kier molecular flexibility index (Phi) is 33.6. The van der Waals surface area contributed by atoms with Crippen molar-refractivity contribution < 1.29 is 8.78 Å². The van der Waals surface area contributed by atoms with Crippen LogP contribution in [0.4, 0.5) is 8.78 Å². The van der Waals surface area contributed by atoms with Crippen LogP contribution in [0.25, 0.3) is 50.7 Å². The van der Waals surface area contributed by atoms with Crippen LogP contribution < -0.4 is 0 Å². The average molecular weight is 1200 g/mol. The van der Waals surface area contributed by atoms with E-state index < -0.39 is 11.6 Å². The summed E-state index contributed by atoms with van der Waals surface area (Å²) in [4.78, 5) is 10.1. The van der Waals surface area contributed by atoms with E-state index in [2.05, 4.69) is 79.8 Å². The fraction of sp³-hybridized carbons (Fsp3) is 0.694. The molecule has 1 aromatic carbocycles. The summed E-state index contributed by atoms with van der Waals surface area (Å²) in [5, 5.41) is 0. The number of aryl methyl sites for hydroxylation is 2. The maximum absolute atomic E-state index is 16.4. The van der Waals surface area contributed by atoms with Crippen molar-refractivity contribution >= 4 is 68.1 Å². The minimum Gasteiger partial charge on any atom is -0.203 e. The summed E-state index contributed by atoms with van der Waals surface area (Å²) in [5.74, 6) is -0.302. The Labute approximate surface area is 514 Å².